The van der Waals surface area contributed by atoms with Crippen molar-refractivity contribution in [3.05, 3.63) is 29.0 Å². The molecule has 0 bridgehead atoms. The van der Waals surface area contributed by atoms with Crippen LogP contribution in [0.5, 0.6) is 0 Å². The van der Waals surface area contributed by atoms with Crippen molar-refractivity contribution in [3.63, 3.8) is 0 Å². The number of carboxylic acid groups (broad SMARTS) is 1. The van der Waals surface area contributed by atoms with Gasteiger partial charge >= 0.3 is 0 Å². The zero-order valence-corrected chi connectivity index (χ0v) is 16.2. The number of nitrogens with zero attached hydrogens (tertiary/aromatic N) is 2. The highest BCUT2D eigenvalue weighted by Gasteiger charge is 2.45. The van der Waals surface area contributed by atoms with E-state index in [4.69, 9.17) is 26.2 Å². The molecule has 2 N–H and O–H groups in total. The molecular weight excluding hydrogens is 386 g/mol. The van der Waals surface area contributed by atoms with Crippen LogP contribution in [-0.2, 0) is 14.3 Å². The fourth-order valence-electron chi connectivity index (χ4n) is 3.81. The molecule has 1 aliphatic carbocycles. The summed E-state index contributed by atoms with van der Waals surface area (Å²) in [5.41, 5.74) is 0.307. The number of carbonyl (C=O) groups is 3. The van der Waals surface area contributed by atoms with Gasteiger partial charge in [-0.1, -0.05) is 17.7 Å². The first-order valence-electron chi connectivity index (χ1n) is 9.42. The fourth-order valence-corrected chi connectivity index (χ4v) is 3.97. The number of ether oxygens (including phenoxy) is 1. The van der Waals surface area contributed by atoms with Crippen molar-refractivity contribution in [2.45, 2.75) is 25.4 Å². The molecule has 152 valence electrons. The van der Waals surface area contributed by atoms with Crippen LogP contribution in [0, 0.1) is 17.8 Å². The zero-order valence-electron chi connectivity index (χ0n) is 15.4. The standard InChI is InChI=1S/C18H22ClN3O3.CH2O2/c19-16-3-1-2-14(21-16)18(24)22-9-13(12-6-7-25-15(12)10-22)17(23)20-8-11-4-5-11;2-1-3/h1-3,11-13,15H,4-10H2,(H,20,23);1H,(H,2,3)/t12-,13-,15+;/m0./s1. The Hall–Kier alpha value is -2.19. The summed E-state index contributed by atoms with van der Waals surface area (Å²) >= 11 is 5.90. The lowest BCUT2D eigenvalue weighted by atomic mass is 9.82. The van der Waals surface area contributed by atoms with Crippen LogP contribution in [-0.4, -0.2) is 65.6 Å². The Kier molecular flexibility index (Phi) is 6.85. The number of carbonyl (C=O) groups excluding carboxylic acids is 2. The number of amides is 2. The Labute approximate surface area is 168 Å². The molecular formula is C19H24ClN3O5. The maximum absolute atomic E-state index is 12.8. The van der Waals surface area contributed by atoms with E-state index >= 15 is 0 Å². The van der Waals surface area contributed by atoms with E-state index in [0.717, 1.165) is 13.0 Å². The molecule has 2 amide bonds. The van der Waals surface area contributed by atoms with Gasteiger partial charge in [-0.3, -0.25) is 14.4 Å². The number of fused-ring (bicyclic) bond motifs is 1. The van der Waals surface area contributed by atoms with Gasteiger partial charge in [-0.2, -0.15) is 0 Å². The first-order chi connectivity index (χ1) is 13.5. The first kappa shape index (κ1) is 20.5. The van der Waals surface area contributed by atoms with Crippen molar-refractivity contribution in [3.8, 4) is 0 Å². The summed E-state index contributed by atoms with van der Waals surface area (Å²) in [6.45, 7) is 2.06. The highest BCUT2D eigenvalue weighted by molar-refractivity contribution is 6.29. The van der Waals surface area contributed by atoms with E-state index in [1.165, 1.54) is 12.8 Å². The molecule has 1 aromatic rings. The lowest BCUT2D eigenvalue weighted by Crippen LogP contribution is -2.54. The minimum atomic E-state index is -0.250. The number of pyridine rings is 1. The van der Waals surface area contributed by atoms with Gasteiger partial charge in [0.1, 0.15) is 10.8 Å². The second-order valence-electron chi connectivity index (χ2n) is 7.32. The van der Waals surface area contributed by atoms with E-state index < -0.39 is 0 Å². The third-order valence-corrected chi connectivity index (χ3v) is 5.63. The monoisotopic (exact) mass is 409 g/mol. The number of nitrogens with one attached hydrogen (secondary N) is 1. The van der Waals surface area contributed by atoms with Gasteiger partial charge in [0.2, 0.25) is 5.91 Å². The third kappa shape index (κ3) is 4.99. The maximum Gasteiger partial charge on any atom is 0.290 e. The van der Waals surface area contributed by atoms with Crippen molar-refractivity contribution >= 4 is 29.9 Å². The quantitative estimate of drug-likeness (QED) is 0.575. The van der Waals surface area contributed by atoms with Gasteiger partial charge in [0.15, 0.2) is 0 Å². The molecule has 8 nitrogen and oxygen atoms in total. The molecule has 3 fully saturated rings. The molecule has 0 radical (unpaired) electrons. The normalized spacial score (nSPS) is 25.9. The lowest BCUT2D eigenvalue weighted by Gasteiger charge is -2.39. The second kappa shape index (κ2) is 9.34. The molecule has 3 atom stereocenters. The van der Waals surface area contributed by atoms with Crippen LogP contribution < -0.4 is 5.32 Å². The number of piperidine rings is 1. The molecule has 2 saturated heterocycles. The Morgan fingerprint density at radius 3 is 2.75 bits per heavy atom. The van der Waals surface area contributed by atoms with E-state index in [-0.39, 0.29) is 41.4 Å². The fraction of sp³-hybridized carbons (Fsp3) is 0.579. The van der Waals surface area contributed by atoms with Crippen molar-refractivity contribution in [2.24, 2.45) is 17.8 Å². The SMILES string of the molecule is O=C(NCC1CC1)[C@H]1CN(C(=O)c2cccc(Cl)n2)C[C@H]2OCC[C@@H]12.O=CO. The minimum absolute atomic E-state index is 0.0453. The molecule has 0 aromatic carbocycles. The Morgan fingerprint density at radius 2 is 2.07 bits per heavy atom. The first-order valence-corrected chi connectivity index (χ1v) is 9.80. The summed E-state index contributed by atoms with van der Waals surface area (Å²) < 4.78 is 5.79. The van der Waals surface area contributed by atoms with E-state index in [9.17, 15) is 9.59 Å². The molecule has 3 heterocycles. The molecule has 4 rings (SSSR count). The van der Waals surface area contributed by atoms with E-state index in [0.29, 0.717) is 31.3 Å². The van der Waals surface area contributed by atoms with Crippen molar-refractivity contribution in [2.75, 3.05) is 26.2 Å². The Morgan fingerprint density at radius 1 is 1.32 bits per heavy atom. The number of halogens is 1. The molecule has 1 saturated carbocycles. The largest absolute Gasteiger partial charge is 0.483 e. The molecule has 2 aliphatic heterocycles. The van der Waals surface area contributed by atoms with Gasteiger partial charge in [0, 0.05) is 32.2 Å². The smallest absolute Gasteiger partial charge is 0.290 e. The van der Waals surface area contributed by atoms with Crippen molar-refractivity contribution in [1.82, 2.24) is 15.2 Å². The van der Waals surface area contributed by atoms with Crippen molar-refractivity contribution in [1.29, 1.82) is 0 Å². The average Bonchev–Trinajstić information content (AvgIpc) is 3.40. The Bertz CT molecular complexity index is 727. The Balaban J connectivity index is 0.000000706. The highest BCUT2D eigenvalue weighted by atomic mass is 35.5. The van der Waals surface area contributed by atoms with Crippen LogP contribution in [0.4, 0.5) is 0 Å². The summed E-state index contributed by atoms with van der Waals surface area (Å²) in [5, 5.41) is 10.2. The topological polar surface area (TPSA) is 109 Å². The van der Waals surface area contributed by atoms with Crippen LogP contribution in [0.15, 0.2) is 18.2 Å². The highest BCUT2D eigenvalue weighted by Crippen LogP contribution is 2.35. The summed E-state index contributed by atoms with van der Waals surface area (Å²) in [6, 6.07) is 5.00. The summed E-state index contributed by atoms with van der Waals surface area (Å²) in [6.07, 6.45) is 3.20. The number of likely N-dealkylation sites (tertiary alicyclic amines) is 1. The van der Waals surface area contributed by atoms with E-state index in [2.05, 4.69) is 10.3 Å². The van der Waals surface area contributed by atoms with Crippen LogP contribution in [0.2, 0.25) is 5.15 Å². The lowest BCUT2D eigenvalue weighted by molar-refractivity contribution is -0.130. The van der Waals surface area contributed by atoms with E-state index in [1.54, 1.807) is 23.1 Å². The summed E-state index contributed by atoms with van der Waals surface area (Å²) in [4.78, 5) is 39.6. The summed E-state index contributed by atoms with van der Waals surface area (Å²) in [5.74, 6) is 0.454. The molecule has 0 unspecified atom stereocenters. The number of hydrogen-bond acceptors (Lipinski definition) is 5. The van der Waals surface area contributed by atoms with Gasteiger partial charge in [0.05, 0.1) is 12.0 Å². The third-order valence-electron chi connectivity index (χ3n) is 5.41. The molecule has 9 heteroatoms. The minimum Gasteiger partial charge on any atom is -0.483 e. The average molecular weight is 410 g/mol. The number of rotatable bonds is 4. The second-order valence-corrected chi connectivity index (χ2v) is 7.71. The molecule has 28 heavy (non-hydrogen) atoms. The predicted molar refractivity (Wildman–Crippen MR) is 101 cm³/mol. The molecule has 3 aliphatic rings. The van der Waals surface area contributed by atoms with Crippen LogP contribution in [0.1, 0.15) is 29.8 Å². The summed E-state index contributed by atoms with van der Waals surface area (Å²) in [7, 11) is 0. The number of aromatic nitrogens is 1. The zero-order chi connectivity index (χ0) is 20.1. The van der Waals surface area contributed by atoms with Gasteiger partial charge < -0.3 is 20.1 Å². The van der Waals surface area contributed by atoms with Gasteiger partial charge in [-0.05, 0) is 37.3 Å². The van der Waals surface area contributed by atoms with Crippen LogP contribution in [0.25, 0.3) is 0 Å². The van der Waals surface area contributed by atoms with Crippen LogP contribution >= 0.6 is 11.6 Å². The molecule has 1 aromatic heterocycles. The van der Waals surface area contributed by atoms with Gasteiger partial charge in [0.25, 0.3) is 12.4 Å². The number of hydrogen-bond donors (Lipinski definition) is 2. The van der Waals surface area contributed by atoms with Crippen LogP contribution in [0.3, 0.4) is 0 Å². The maximum atomic E-state index is 12.8. The van der Waals surface area contributed by atoms with Crippen molar-refractivity contribution < 1.29 is 24.2 Å². The van der Waals surface area contributed by atoms with Gasteiger partial charge in [-0.15, -0.1) is 0 Å². The predicted octanol–water partition coefficient (Wildman–Crippen LogP) is 1.44. The molecule has 0 spiro atoms. The van der Waals surface area contributed by atoms with Gasteiger partial charge in [-0.25, -0.2) is 4.98 Å². The van der Waals surface area contributed by atoms with E-state index in [1.807, 2.05) is 0 Å².